The van der Waals surface area contributed by atoms with Crippen molar-refractivity contribution in [1.82, 2.24) is 9.55 Å². The second-order valence-electron chi connectivity index (χ2n) is 5.91. The average molecular weight is 426 g/mol. The number of nitrogens with zero attached hydrogens (tertiary/aromatic N) is 2. The summed E-state index contributed by atoms with van der Waals surface area (Å²) in [6, 6.07) is 12.2. The van der Waals surface area contributed by atoms with Gasteiger partial charge < -0.3 is 9.88 Å². The average Bonchev–Trinajstić information content (AvgIpc) is 3.05. The van der Waals surface area contributed by atoms with Crippen molar-refractivity contribution in [1.29, 1.82) is 0 Å². The van der Waals surface area contributed by atoms with Gasteiger partial charge >= 0.3 is 6.18 Å². The summed E-state index contributed by atoms with van der Waals surface area (Å²) in [5.74, 6) is -0.463. The Morgan fingerprint density at radius 3 is 2.54 bits per heavy atom. The van der Waals surface area contributed by atoms with E-state index in [1.54, 1.807) is 48.3 Å². The number of hydrogen-bond acceptors (Lipinski definition) is 3. The van der Waals surface area contributed by atoms with Gasteiger partial charge in [-0.15, -0.1) is 0 Å². The van der Waals surface area contributed by atoms with Crippen molar-refractivity contribution in [3.8, 4) is 0 Å². The van der Waals surface area contributed by atoms with Crippen molar-refractivity contribution in [2.45, 2.75) is 16.6 Å². The van der Waals surface area contributed by atoms with Crippen molar-refractivity contribution in [3.05, 3.63) is 77.1 Å². The first-order valence-corrected chi connectivity index (χ1v) is 9.38. The highest BCUT2D eigenvalue weighted by Gasteiger charge is 2.33. The van der Waals surface area contributed by atoms with E-state index in [4.69, 9.17) is 11.6 Å². The SMILES string of the molecule is Cn1ccnc1S[C@@H](C(=O)Nc1ccc(Cl)c(C(F)(F)F)c1)c1ccccc1. The molecular weight excluding hydrogens is 411 g/mol. The number of aryl methyl sites for hydroxylation is 1. The molecule has 3 aromatic rings. The summed E-state index contributed by atoms with van der Waals surface area (Å²) in [4.78, 5) is 17.1. The number of rotatable bonds is 5. The minimum Gasteiger partial charge on any atom is -0.329 e. The van der Waals surface area contributed by atoms with E-state index in [0.29, 0.717) is 10.7 Å². The lowest BCUT2D eigenvalue weighted by Gasteiger charge is -2.17. The molecule has 0 bridgehead atoms. The molecule has 28 heavy (non-hydrogen) atoms. The second kappa shape index (κ2) is 8.28. The molecule has 1 atom stereocenters. The van der Waals surface area contributed by atoms with Gasteiger partial charge in [-0.05, 0) is 23.8 Å². The standard InChI is InChI=1S/C19H15ClF3N3OS/c1-26-10-9-24-18(26)28-16(12-5-3-2-4-6-12)17(27)25-13-7-8-15(20)14(11-13)19(21,22)23/h2-11,16H,1H3,(H,25,27)/t16-/m1/s1. The molecule has 0 fully saturated rings. The molecule has 0 saturated carbocycles. The maximum absolute atomic E-state index is 13.1. The third-order valence-corrected chi connectivity index (χ3v) is 5.54. The van der Waals surface area contributed by atoms with Crippen molar-refractivity contribution in [3.63, 3.8) is 0 Å². The van der Waals surface area contributed by atoms with E-state index in [9.17, 15) is 18.0 Å². The number of benzene rings is 2. The molecule has 146 valence electrons. The maximum Gasteiger partial charge on any atom is 0.417 e. The third kappa shape index (κ3) is 4.69. The Bertz CT molecular complexity index is 976. The van der Waals surface area contributed by atoms with E-state index >= 15 is 0 Å². The molecule has 1 heterocycles. The number of imidazole rings is 1. The van der Waals surface area contributed by atoms with Gasteiger partial charge in [-0.25, -0.2) is 4.98 Å². The Morgan fingerprint density at radius 2 is 1.93 bits per heavy atom. The molecule has 2 aromatic carbocycles. The van der Waals surface area contributed by atoms with Crippen molar-refractivity contribution in [2.75, 3.05) is 5.32 Å². The zero-order valence-corrected chi connectivity index (χ0v) is 16.1. The second-order valence-corrected chi connectivity index (χ2v) is 7.39. The van der Waals surface area contributed by atoms with Gasteiger partial charge in [0.05, 0.1) is 10.6 Å². The van der Waals surface area contributed by atoms with Crippen LogP contribution in [0.1, 0.15) is 16.4 Å². The highest BCUT2D eigenvalue weighted by molar-refractivity contribution is 8.00. The number of halogens is 4. The molecular formula is C19H15ClF3N3OS. The van der Waals surface area contributed by atoms with E-state index < -0.39 is 27.9 Å². The maximum atomic E-state index is 13.1. The van der Waals surface area contributed by atoms with Gasteiger partial charge in [0.1, 0.15) is 5.25 Å². The molecule has 1 N–H and O–H groups in total. The van der Waals surface area contributed by atoms with Gasteiger partial charge in [0.2, 0.25) is 5.91 Å². The molecule has 1 amide bonds. The summed E-state index contributed by atoms with van der Waals surface area (Å²) in [5, 5.41) is 2.04. The third-order valence-electron chi connectivity index (χ3n) is 3.88. The van der Waals surface area contributed by atoms with Gasteiger partial charge in [0.25, 0.3) is 0 Å². The van der Waals surface area contributed by atoms with E-state index in [1.165, 1.54) is 17.8 Å². The fourth-order valence-corrected chi connectivity index (χ4v) is 3.74. The highest BCUT2D eigenvalue weighted by Crippen LogP contribution is 2.38. The topological polar surface area (TPSA) is 46.9 Å². The Morgan fingerprint density at radius 1 is 1.21 bits per heavy atom. The largest absolute Gasteiger partial charge is 0.417 e. The first-order chi connectivity index (χ1) is 13.3. The summed E-state index contributed by atoms with van der Waals surface area (Å²) < 4.78 is 41.0. The number of hydrogen-bond donors (Lipinski definition) is 1. The minimum atomic E-state index is -4.61. The molecule has 1 aromatic heterocycles. The monoisotopic (exact) mass is 425 g/mol. The van der Waals surface area contributed by atoms with E-state index in [1.807, 2.05) is 6.07 Å². The van der Waals surface area contributed by atoms with Crippen LogP contribution in [-0.2, 0) is 18.0 Å². The number of aromatic nitrogens is 2. The van der Waals surface area contributed by atoms with Crippen LogP contribution >= 0.6 is 23.4 Å². The van der Waals surface area contributed by atoms with Crippen LogP contribution in [0, 0.1) is 0 Å². The number of carbonyl (C=O) groups excluding carboxylic acids is 1. The first kappa shape index (κ1) is 20.3. The van der Waals surface area contributed by atoms with Crippen LogP contribution in [-0.4, -0.2) is 15.5 Å². The van der Waals surface area contributed by atoms with Crippen LogP contribution in [0.15, 0.2) is 66.1 Å². The number of amides is 1. The van der Waals surface area contributed by atoms with Crippen LogP contribution in [0.4, 0.5) is 18.9 Å². The lowest BCUT2D eigenvalue weighted by molar-refractivity contribution is -0.137. The number of anilines is 1. The van der Waals surface area contributed by atoms with E-state index in [0.717, 1.165) is 12.1 Å². The zero-order chi connectivity index (χ0) is 20.3. The van der Waals surface area contributed by atoms with Crippen LogP contribution in [0.25, 0.3) is 0 Å². The van der Waals surface area contributed by atoms with Gasteiger partial charge in [-0.2, -0.15) is 13.2 Å². The lowest BCUT2D eigenvalue weighted by Crippen LogP contribution is -2.20. The predicted octanol–water partition coefficient (Wildman–Crippen LogP) is 5.56. The van der Waals surface area contributed by atoms with Gasteiger partial charge in [0, 0.05) is 25.1 Å². The quantitative estimate of drug-likeness (QED) is 0.544. The summed E-state index contributed by atoms with van der Waals surface area (Å²) in [6.45, 7) is 0. The summed E-state index contributed by atoms with van der Waals surface area (Å²) >= 11 is 6.85. The smallest absolute Gasteiger partial charge is 0.329 e. The molecule has 0 saturated heterocycles. The van der Waals surface area contributed by atoms with Gasteiger partial charge in [-0.1, -0.05) is 53.7 Å². The summed E-state index contributed by atoms with van der Waals surface area (Å²) in [7, 11) is 1.80. The van der Waals surface area contributed by atoms with Crippen LogP contribution < -0.4 is 5.32 Å². The number of alkyl halides is 3. The molecule has 0 radical (unpaired) electrons. The number of nitrogens with one attached hydrogen (secondary N) is 1. The molecule has 9 heteroatoms. The van der Waals surface area contributed by atoms with Crippen LogP contribution in [0.5, 0.6) is 0 Å². The Balaban J connectivity index is 1.89. The molecule has 3 rings (SSSR count). The first-order valence-electron chi connectivity index (χ1n) is 8.12. The Labute approximate surface area is 168 Å². The fraction of sp³-hybridized carbons (Fsp3) is 0.158. The Kier molecular flexibility index (Phi) is 6.00. The number of thioether (sulfide) groups is 1. The van der Waals surface area contributed by atoms with Crippen molar-refractivity contribution in [2.24, 2.45) is 7.05 Å². The van der Waals surface area contributed by atoms with Crippen molar-refractivity contribution < 1.29 is 18.0 Å². The molecule has 0 spiro atoms. The molecule has 0 unspecified atom stereocenters. The molecule has 0 aliphatic carbocycles. The molecule has 4 nitrogen and oxygen atoms in total. The normalized spacial score (nSPS) is 12.6. The highest BCUT2D eigenvalue weighted by atomic mass is 35.5. The summed E-state index contributed by atoms with van der Waals surface area (Å²) in [6.07, 6.45) is -1.26. The Hall–Kier alpha value is -2.45. The van der Waals surface area contributed by atoms with Crippen LogP contribution in [0.3, 0.4) is 0 Å². The van der Waals surface area contributed by atoms with E-state index in [2.05, 4.69) is 10.3 Å². The van der Waals surface area contributed by atoms with Gasteiger partial charge in [0.15, 0.2) is 5.16 Å². The zero-order valence-electron chi connectivity index (χ0n) is 14.6. The van der Waals surface area contributed by atoms with Crippen LogP contribution in [0.2, 0.25) is 5.02 Å². The molecule has 0 aliphatic heterocycles. The fourth-order valence-electron chi connectivity index (χ4n) is 2.50. The minimum absolute atomic E-state index is 0.0168. The lowest BCUT2D eigenvalue weighted by atomic mass is 10.1. The van der Waals surface area contributed by atoms with E-state index in [-0.39, 0.29) is 5.69 Å². The molecule has 0 aliphatic rings. The predicted molar refractivity (Wildman–Crippen MR) is 103 cm³/mol. The summed E-state index contributed by atoms with van der Waals surface area (Å²) in [5.41, 5.74) is -0.277. The van der Waals surface area contributed by atoms with Crippen molar-refractivity contribution >= 4 is 35.0 Å². The van der Waals surface area contributed by atoms with Gasteiger partial charge in [-0.3, -0.25) is 4.79 Å². The number of carbonyl (C=O) groups is 1.